The lowest BCUT2D eigenvalue weighted by molar-refractivity contribution is -0.120. The molecule has 0 saturated heterocycles. The van der Waals surface area contributed by atoms with E-state index in [0.717, 1.165) is 10.0 Å². The van der Waals surface area contributed by atoms with Crippen LogP contribution in [0.1, 0.15) is 19.4 Å². The molecule has 28 heavy (non-hydrogen) atoms. The van der Waals surface area contributed by atoms with Gasteiger partial charge in [-0.2, -0.15) is 0 Å². The van der Waals surface area contributed by atoms with E-state index in [1.54, 1.807) is 24.3 Å². The first kappa shape index (κ1) is 22.3. The predicted molar refractivity (Wildman–Crippen MR) is 119 cm³/mol. The van der Waals surface area contributed by atoms with Crippen molar-refractivity contribution in [2.24, 2.45) is 0 Å². The summed E-state index contributed by atoms with van der Waals surface area (Å²) in [6.45, 7) is 4.85. The van der Waals surface area contributed by atoms with Crippen molar-refractivity contribution >= 4 is 56.5 Å². The van der Waals surface area contributed by atoms with Crippen molar-refractivity contribution in [3.63, 3.8) is 0 Å². The third-order valence-corrected chi connectivity index (χ3v) is 4.48. The summed E-state index contributed by atoms with van der Waals surface area (Å²) in [6.07, 6.45) is 0.154. The number of carbonyl (C=O) groups excluding carboxylic acids is 1. The van der Waals surface area contributed by atoms with Gasteiger partial charge in [-0.05, 0) is 62.0 Å². The zero-order chi connectivity index (χ0) is 20.5. The average molecular weight is 487 g/mol. The molecule has 0 heterocycles. The largest absolute Gasteiger partial charge is 0.490 e. The van der Waals surface area contributed by atoms with Gasteiger partial charge in [0.15, 0.2) is 16.6 Å². The monoisotopic (exact) mass is 485 g/mol. The number of hydrogen-bond acceptors (Lipinski definition) is 4. The lowest BCUT2D eigenvalue weighted by Crippen LogP contribution is -2.44. The zero-order valence-electron chi connectivity index (χ0n) is 15.5. The molecule has 3 N–H and O–H groups in total. The molecule has 0 aliphatic carbocycles. The van der Waals surface area contributed by atoms with E-state index in [-0.39, 0.29) is 17.4 Å². The highest BCUT2D eigenvalue weighted by Gasteiger charge is 2.10. The topological polar surface area (TPSA) is 71.6 Å². The lowest BCUT2D eigenvalue weighted by atomic mass is 10.1. The van der Waals surface area contributed by atoms with Crippen LogP contribution < -0.4 is 25.6 Å². The molecule has 0 atom stereocenters. The molecular formula is C19H21BrClN3O3S. The summed E-state index contributed by atoms with van der Waals surface area (Å²) >= 11 is 14.6. The van der Waals surface area contributed by atoms with Crippen molar-refractivity contribution < 1.29 is 14.3 Å². The van der Waals surface area contributed by atoms with Crippen LogP contribution in [0.4, 0.5) is 5.69 Å². The molecule has 0 fully saturated rings. The zero-order valence-corrected chi connectivity index (χ0v) is 18.6. The Bertz CT molecular complexity index is 851. The summed E-state index contributed by atoms with van der Waals surface area (Å²) in [5.74, 6) is 1.02. The van der Waals surface area contributed by atoms with E-state index < -0.39 is 0 Å². The maximum Gasteiger partial charge on any atom is 0.242 e. The molecule has 6 nitrogen and oxygen atoms in total. The number of thiocarbonyl (C=S) groups is 1. The molecule has 0 bridgehead atoms. The number of anilines is 1. The van der Waals surface area contributed by atoms with Crippen molar-refractivity contribution in [1.82, 2.24) is 10.9 Å². The highest BCUT2D eigenvalue weighted by molar-refractivity contribution is 9.10. The number of amides is 1. The molecule has 0 unspecified atom stereocenters. The maximum absolute atomic E-state index is 12.2. The third kappa shape index (κ3) is 6.85. The Balaban J connectivity index is 1.89. The van der Waals surface area contributed by atoms with Crippen molar-refractivity contribution in [2.45, 2.75) is 20.3 Å². The Morgan fingerprint density at radius 2 is 1.79 bits per heavy atom. The Morgan fingerprint density at radius 3 is 2.46 bits per heavy atom. The molecule has 0 aromatic heterocycles. The summed E-state index contributed by atoms with van der Waals surface area (Å²) < 4.78 is 12.0. The van der Waals surface area contributed by atoms with E-state index in [1.165, 1.54) is 0 Å². The van der Waals surface area contributed by atoms with Crippen molar-refractivity contribution in [3.8, 4) is 11.5 Å². The quantitative estimate of drug-likeness (QED) is 0.396. The molecule has 2 rings (SSSR count). The van der Waals surface area contributed by atoms with Crippen LogP contribution >= 0.6 is 39.7 Å². The summed E-state index contributed by atoms with van der Waals surface area (Å²) in [5, 5.41) is 3.64. The van der Waals surface area contributed by atoms with E-state index in [9.17, 15) is 4.79 Å². The Morgan fingerprint density at radius 1 is 1.07 bits per heavy atom. The molecule has 1 amide bonds. The van der Waals surface area contributed by atoms with Crippen LogP contribution in [0, 0.1) is 0 Å². The fourth-order valence-corrected chi connectivity index (χ4v) is 3.19. The van der Waals surface area contributed by atoms with Gasteiger partial charge in [-0.15, -0.1) is 0 Å². The van der Waals surface area contributed by atoms with Gasteiger partial charge >= 0.3 is 0 Å². The Labute approximate surface area is 183 Å². The number of carbonyl (C=O) groups is 1. The van der Waals surface area contributed by atoms with Gasteiger partial charge in [-0.3, -0.25) is 15.6 Å². The second-order valence-electron chi connectivity index (χ2n) is 5.58. The molecule has 0 radical (unpaired) electrons. The van der Waals surface area contributed by atoms with Crippen LogP contribution in [0.15, 0.2) is 40.9 Å². The Kier molecular flexibility index (Phi) is 8.82. The van der Waals surface area contributed by atoms with Crippen LogP contribution in [0.3, 0.4) is 0 Å². The summed E-state index contributed by atoms with van der Waals surface area (Å²) in [6, 6.07) is 10.8. The number of rotatable bonds is 7. The Hall–Kier alpha value is -2.03. The molecule has 2 aromatic rings. The van der Waals surface area contributed by atoms with Gasteiger partial charge < -0.3 is 14.8 Å². The average Bonchev–Trinajstić information content (AvgIpc) is 2.65. The number of ether oxygens (including phenoxy) is 2. The minimum absolute atomic E-state index is 0.154. The van der Waals surface area contributed by atoms with Crippen LogP contribution in [-0.2, 0) is 11.2 Å². The number of hydrogen-bond donors (Lipinski definition) is 3. The van der Waals surface area contributed by atoms with Crippen LogP contribution in [0.25, 0.3) is 0 Å². The molecule has 0 saturated carbocycles. The fourth-order valence-electron chi connectivity index (χ4n) is 2.31. The number of nitrogens with one attached hydrogen (secondary N) is 3. The first-order chi connectivity index (χ1) is 13.4. The maximum atomic E-state index is 12.2. The van der Waals surface area contributed by atoms with Crippen LogP contribution in [0.5, 0.6) is 11.5 Å². The lowest BCUT2D eigenvalue weighted by Gasteiger charge is -2.14. The molecule has 0 aliphatic rings. The van der Waals surface area contributed by atoms with Crippen molar-refractivity contribution in [3.05, 3.63) is 51.5 Å². The van der Waals surface area contributed by atoms with E-state index in [0.29, 0.717) is 35.4 Å². The van der Waals surface area contributed by atoms with E-state index in [1.807, 2.05) is 26.0 Å². The smallest absolute Gasteiger partial charge is 0.242 e. The molecule has 0 aliphatic heterocycles. The molecule has 150 valence electrons. The normalized spacial score (nSPS) is 10.1. The van der Waals surface area contributed by atoms with Gasteiger partial charge in [-0.25, -0.2) is 0 Å². The molecule has 2 aromatic carbocycles. The number of benzene rings is 2. The minimum Gasteiger partial charge on any atom is -0.490 e. The van der Waals surface area contributed by atoms with Gasteiger partial charge in [0.2, 0.25) is 5.91 Å². The first-order valence-electron chi connectivity index (χ1n) is 8.62. The second kappa shape index (κ2) is 11.1. The molecular weight excluding hydrogens is 466 g/mol. The molecule has 0 spiro atoms. The summed E-state index contributed by atoms with van der Waals surface area (Å²) in [4.78, 5) is 12.2. The van der Waals surface area contributed by atoms with Crippen LogP contribution in [-0.4, -0.2) is 24.2 Å². The van der Waals surface area contributed by atoms with Gasteiger partial charge in [0.25, 0.3) is 0 Å². The highest BCUT2D eigenvalue weighted by Crippen LogP contribution is 2.28. The van der Waals surface area contributed by atoms with E-state index in [4.69, 9.17) is 33.3 Å². The first-order valence-corrected chi connectivity index (χ1v) is 10.2. The fraction of sp³-hybridized carbons (Fsp3) is 0.263. The van der Waals surface area contributed by atoms with Gasteiger partial charge in [-0.1, -0.05) is 33.6 Å². The van der Waals surface area contributed by atoms with Crippen molar-refractivity contribution in [2.75, 3.05) is 18.5 Å². The number of hydrazine groups is 1. The highest BCUT2D eigenvalue weighted by atomic mass is 79.9. The standard InChI is InChI=1S/C19H21BrClN3O3S/c1-3-26-16-8-5-12(9-17(16)27-4-2)10-18(25)23-24-19(28)22-15-7-6-13(20)11-14(15)21/h5-9,11H,3-4,10H2,1-2H3,(H,23,25)(H2,22,24,28). The summed E-state index contributed by atoms with van der Waals surface area (Å²) in [5.41, 5.74) is 6.64. The molecule has 9 heteroatoms. The van der Waals surface area contributed by atoms with E-state index >= 15 is 0 Å². The SMILES string of the molecule is CCOc1ccc(CC(=O)NNC(=S)Nc2ccc(Br)cc2Cl)cc1OCC. The van der Waals surface area contributed by atoms with Crippen LogP contribution in [0.2, 0.25) is 5.02 Å². The minimum atomic E-state index is -0.252. The van der Waals surface area contributed by atoms with Gasteiger partial charge in [0, 0.05) is 4.47 Å². The third-order valence-electron chi connectivity index (χ3n) is 3.47. The second-order valence-corrected chi connectivity index (χ2v) is 7.31. The van der Waals surface area contributed by atoms with Gasteiger partial charge in [0.05, 0.1) is 30.3 Å². The summed E-state index contributed by atoms with van der Waals surface area (Å²) in [7, 11) is 0. The van der Waals surface area contributed by atoms with Gasteiger partial charge in [0.1, 0.15) is 0 Å². The van der Waals surface area contributed by atoms with E-state index in [2.05, 4.69) is 32.1 Å². The predicted octanol–water partition coefficient (Wildman–Crippen LogP) is 4.46. The van der Waals surface area contributed by atoms with Crippen molar-refractivity contribution in [1.29, 1.82) is 0 Å². The number of halogens is 2.